The predicted molar refractivity (Wildman–Crippen MR) is 116 cm³/mol. The maximum atomic E-state index is 13.8. The smallest absolute Gasteiger partial charge is 0.262 e. The lowest BCUT2D eigenvalue weighted by molar-refractivity contribution is 0.0746. The molecule has 9 heteroatoms. The van der Waals surface area contributed by atoms with Crippen molar-refractivity contribution in [2.75, 3.05) is 35.8 Å². The van der Waals surface area contributed by atoms with Gasteiger partial charge in [-0.3, -0.25) is 9.52 Å². The molecule has 2 heterocycles. The highest BCUT2D eigenvalue weighted by molar-refractivity contribution is 7.92. The number of aromatic nitrogens is 1. The molecule has 1 aliphatic rings. The third-order valence-corrected chi connectivity index (χ3v) is 6.41. The van der Waals surface area contributed by atoms with E-state index in [1.807, 2.05) is 18.2 Å². The van der Waals surface area contributed by atoms with Crippen molar-refractivity contribution in [3.63, 3.8) is 0 Å². The van der Waals surface area contributed by atoms with Crippen molar-refractivity contribution in [1.82, 2.24) is 9.88 Å². The van der Waals surface area contributed by atoms with Gasteiger partial charge in [0.15, 0.2) is 0 Å². The third kappa shape index (κ3) is 4.66. The summed E-state index contributed by atoms with van der Waals surface area (Å²) in [5.74, 6) is -0.0606. The molecule has 1 aromatic heterocycles. The van der Waals surface area contributed by atoms with E-state index < -0.39 is 15.8 Å². The topological polar surface area (TPSA) is 82.6 Å². The molecule has 0 saturated carbocycles. The summed E-state index contributed by atoms with van der Waals surface area (Å²) in [5.41, 5.74) is 0.118. The minimum absolute atomic E-state index is 0.103. The summed E-state index contributed by atoms with van der Waals surface area (Å²) in [6, 6.07) is 17.0. The number of hydrogen-bond acceptors (Lipinski definition) is 5. The maximum Gasteiger partial charge on any atom is 0.262 e. The van der Waals surface area contributed by atoms with Gasteiger partial charge in [-0.05, 0) is 42.5 Å². The van der Waals surface area contributed by atoms with Crippen molar-refractivity contribution in [3.8, 4) is 0 Å². The number of nitrogens with one attached hydrogen (secondary N) is 1. The number of nitrogens with zero attached hydrogens (tertiary/aromatic N) is 3. The van der Waals surface area contributed by atoms with Crippen LogP contribution in [0.2, 0.25) is 0 Å². The predicted octanol–water partition coefficient (Wildman–Crippen LogP) is 2.98. The van der Waals surface area contributed by atoms with Gasteiger partial charge >= 0.3 is 0 Å². The number of anilines is 2. The first-order valence-corrected chi connectivity index (χ1v) is 11.2. The number of pyridine rings is 1. The van der Waals surface area contributed by atoms with E-state index in [0.29, 0.717) is 26.2 Å². The van der Waals surface area contributed by atoms with E-state index in [9.17, 15) is 17.6 Å². The molecule has 1 aliphatic heterocycles. The number of para-hydroxylation sites is 1. The number of sulfonamides is 1. The zero-order chi connectivity index (χ0) is 21.8. The van der Waals surface area contributed by atoms with Gasteiger partial charge in [0.1, 0.15) is 11.6 Å². The number of hydrogen-bond donors (Lipinski definition) is 1. The van der Waals surface area contributed by atoms with Crippen LogP contribution in [-0.4, -0.2) is 50.4 Å². The van der Waals surface area contributed by atoms with Gasteiger partial charge in [-0.25, -0.2) is 17.8 Å². The summed E-state index contributed by atoms with van der Waals surface area (Å²) in [6.07, 6.45) is 1.73. The van der Waals surface area contributed by atoms with E-state index in [-0.39, 0.29) is 22.1 Å². The number of halogens is 1. The first-order chi connectivity index (χ1) is 14.9. The van der Waals surface area contributed by atoms with Crippen molar-refractivity contribution >= 4 is 27.4 Å². The van der Waals surface area contributed by atoms with Gasteiger partial charge < -0.3 is 9.80 Å². The quantitative estimate of drug-likeness (QED) is 0.660. The fraction of sp³-hybridized carbons (Fsp3) is 0.182. The molecule has 1 saturated heterocycles. The Bertz CT molecular complexity index is 1180. The van der Waals surface area contributed by atoms with E-state index >= 15 is 0 Å². The van der Waals surface area contributed by atoms with E-state index in [2.05, 4.69) is 14.6 Å². The Hall–Kier alpha value is -3.46. The molecule has 1 N–H and O–H groups in total. The van der Waals surface area contributed by atoms with Crippen molar-refractivity contribution in [3.05, 3.63) is 84.3 Å². The van der Waals surface area contributed by atoms with Crippen molar-refractivity contribution in [2.45, 2.75) is 4.90 Å². The Morgan fingerprint density at radius 1 is 0.935 bits per heavy atom. The Morgan fingerprint density at radius 2 is 1.68 bits per heavy atom. The van der Waals surface area contributed by atoms with Crippen LogP contribution in [0.25, 0.3) is 0 Å². The minimum atomic E-state index is -4.04. The van der Waals surface area contributed by atoms with Crippen molar-refractivity contribution in [2.24, 2.45) is 0 Å². The maximum absolute atomic E-state index is 13.8. The molecule has 0 bridgehead atoms. The third-order valence-electron chi connectivity index (χ3n) is 5.05. The minimum Gasteiger partial charge on any atom is -0.353 e. The van der Waals surface area contributed by atoms with Crippen LogP contribution >= 0.6 is 0 Å². The molecular weight excluding hydrogens is 419 g/mol. The van der Waals surface area contributed by atoms with Gasteiger partial charge in [-0.15, -0.1) is 0 Å². The second-order valence-corrected chi connectivity index (χ2v) is 8.76. The van der Waals surface area contributed by atoms with Crippen molar-refractivity contribution < 1.29 is 17.6 Å². The Morgan fingerprint density at radius 3 is 2.39 bits per heavy atom. The van der Waals surface area contributed by atoms with Crippen LogP contribution in [0, 0.1) is 5.82 Å². The van der Waals surface area contributed by atoms with Crippen LogP contribution in [0.1, 0.15) is 10.4 Å². The van der Waals surface area contributed by atoms with Crippen LogP contribution in [0.15, 0.2) is 77.8 Å². The number of amides is 1. The molecule has 0 aliphatic carbocycles. The standard InChI is InChI=1S/C22H21FN4O3S/c23-19-8-1-2-9-20(19)25-31(29,30)18-7-5-6-17(16-18)22(28)27-14-12-26(13-15-27)21-10-3-4-11-24-21/h1-11,16,25H,12-15H2. The highest BCUT2D eigenvalue weighted by Crippen LogP contribution is 2.21. The molecule has 3 aromatic rings. The van der Waals surface area contributed by atoms with Crippen LogP contribution in [-0.2, 0) is 10.0 Å². The SMILES string of the molecule is O=C(c1cccc(S(=O)(=O)Nc2ccccc2F)c1)N1CCN(c2ccccn2)CC1. The highest BCUT2D eigenvalue weighted by atomic mass is 32.2. The van der Waals surface area contributed by atoms with Gasteiger partial charge in [0.25, 0.3) is 15.9 Å². The Kier molecular flexibility index (Phi) is 5.85. The summed E-state index contributed by atoms with van der Waals surface area (Å²) >= 11 is 0. The molecule has 7 nitrogen and oxygen atoms in total. The summed E-state index contributed by atoms with van der Waals surface area (Å²) in [4.78, 5) is 21.0. The average Bonchev–Trinajstić information content (AvgIpc) is 2.81. The number of piperazine rings is 1. The lowest BCUT2D eigenvalue weighted by Gasteiger charge is -2.35. The molecule has 4 rings (SSSR count). The second kappa shape index (κ2) is 8.73. The molecule has 31 heavy (non-hydrogen) atoms. The monoisotopic (exact) mass is 440 g/mol. The molecule has 0 unspecified atom stereocenters. The molecule has 0 atom stereocenters. The summed E-state index contributed by atoms with van der Waals surface area (Å²) in [5, 5.41) is 0. The molecular formula is C22H21FN4O3S. The molecule has 0 radical (unpaired) electrons. The van der Waals surface area contributed by atoms with Crippen LogP contribution in [0.4, 0.5) is 15.9 Å². The largest absolute Gasteiger partial charge is 0.353 e. The lowest BCUT2D eigenvalue weighted by Crippen LogP contribution is -2.49. The van der Waals surface area contributed by atoms with Gasteiger partial charge in [0.05, 0.1) is 10.6 Å². The van der Waals surface area contributed by atoms with Gasteiger partial charge in [-0.2, -0.15) is 0 Å². The Balaban J connectivity index is 1.47. The normalized spacial score (nSPS) is 14.4. The number of carbonyl (C=O) groups is 1. The summed E-state index contributed by atoms with van der Waals surface area (Å²) in [6.45, 7) is 2.27. The second-order valence-electron chi connectivity index (χ2n) is 7.08. The van der Waals surface area contributed by atoms with Crippen LogP contribution in [0.5, 0.6) is 0 Å². The van der Waals surface area contributed by atoms with Gasteiger partial charge in [-0.1, -0.05) is 24.3 Å². The van der Waals surface area contributed by atoms with E-state index in [0.717, 1.165) is 5.82 Å². The molecule has 1 fully saturated rings. The number of carbonyl (C=O) groups excluding carboxylic acids is 1. The van der Waals surface area contributed by atoms with Crippen molar-refractivity contribution in [1.29, 1.82) is 0 Å². The fourth-order valence-electron chi connectivity index (χ4n) is 3.41. The lowest BCUT2D eigenvalue weighted by atomic mass is 10.2. The molecule has 0 spiro atoms. The van der Waals surface area contributed by atoms with E-state index in [1.54, 1.807) is 17.2 Å². The number of benzene rings is 2. The highest BCUT2D eigenvalue weighted by Gasteiger charge is 2.24. The first kappa shape index (κ1) is 20.8. The average molecular weight is 441 g/mol. The first-order valence-electron chi connectivity index (χ1n) is 9.77. The van der Waals surface area contributed by atoms with Gasteiger partial charge in [0.2, 0.25) is 0 Å². The van der Waals surface area contributed by atoms with E-state index in [4.69, 9.17) is 0 Å². The van der Waals surface area contributed by atoms with Crippen LogP contribution in [0.3, 0.4) is 0 Å². The fourth-order valence-corrected chi connectivity index (χ4v) is 4.52. The zero-order valence-electron chi connectivity index (χ0n) is 16.6. The summed E-state index contributed by atoms with van der Waals surface area (Å²) < 4.78 is 41.5. The molecule has 2 aromatic carbocycles. The molecule has 1 amide bonds. The Labute approximate surface area is 180 Å². The van der Waals surface area contributed by atoms with E-state index in [1.165, 1.54) is 42.5 Å². The number of rotatable bonds is 5. The van der Waals surface area contributed by atoms with Gasteiger partial charge in [0, 0.05) is 37.9 Å². The zero-order valence-corrected chi connectivity index (χ0v) is 17.4. The summed E-state index contributed by atoms with van der Waals surface area (Å²) in [7, 11) is -4.04. The van der Waals surface area contributed by atoms with Crippen LogP contribution < -0.4 is 9.62 Å². The molecule has 160 valence electrons.